The van der Waals surface area contributed by atoms with Gasteiger partial charge in [0.1, 0.15) is 16.3 Å². The molecule has 3 nitrogen and oxygen atoms in total. The van der Waals surface area contributed by atoms with Crippen LogP contribution >= 0.6 is 22.9 Å². The van der Waals surface area contributed by atoms with E-state index in [0.717, 1.165) is 32.7 Å². The van der Waals surface area contributed by atoms with Gasteiger partial charge in [-0.2, -0.15) is 0 Å². The molecule has 0 unspecified atom stereocenters. The molecule has 0 aliphatic heterocycles. The molecule has 3 aromatic rings. The summed E-state index contributed by atoms with van der Waals surface area (Å²) < 4.78 is 2.85. The Morgan fingerprint density at radius 2 is 2.24 bits per heavy atom. The second kappa shape index (κ2) is 4.13. The van der Waals surface area contributed by atoms with Crippen LogP contribution in [0.5, 0.6) is 0 Å². The summed E-state index contributed by atoms with van der Waals surface area (Å²) in [6, 6.07) is 7.78. The summed E-state index contributed by atoms with van der Waals surface area (Å²) in [4.78, 5) is 8.98. The summed E-state index contributed by atoms with van der Waals surface area (Å²) in [6.45, 7) is 2.09. The summed E-state index contributed by atoms with van der Waals surface area (Å²) in [5, 5.41) is 1.06. The number of imidazole rings is 1. The van der Waals surface area contributed by atoms with Crippen molar-refractivity contribution < 1.29 is 0 Å². The SMILES string of the molecule is CCc1nc2cccnc2n1-c1ccc(Cl)s1. The van der Waals surface area contributed by atoms with Gasteiger partial charge in [-0.3, -0.25) is 4.57 Å². The first kappa shape index (κ1) is 10.7. The third kappa shape index (κ3) is 1.73. The van der Waals surface area contributed by atoms with E-state index in [-0.39, 0.29) is 0 Å². The summed E-state index contributed by atoms with van der Waals surface area (Å²) in [6.07, 6.45) is 2.65. The highest BCUT2D eigenvalue weighted by Crippen LogP contribution is 2.28. The van der Waals surface area contributed by atoms with Crippen molar-refractivity contribution in [2.45, 2.75) is 13.3 Å². The van der Waals surface area contributed by atoms with Crippen molar-refractivity contribution >= 4 is 34.1 Å². The van der Waals surface area contributed by atoms with Crippen LogP contribution in [0.3, 0.4) is 0 Å². The van der Waals surface area contributed by atoms with Crippen molar-refractivity contribution in [3.8, 4) is 5.00 Å². The van der Waals surface area contributed by atoms with Gasteiger partial charge in [-0.25, -0.2) is 9.97 Å². The minimum atomic E-state index is 0.778. The molecule has 0 bridgehead atoms. The number of thiophene rings is 1. The molecule has 0 saturated heterocycles. The highest BCUT2D eigenvalue weighted by molar-refractivity contribution is 7.18. The van der Waals surface area contributed by atoms with E-state index in [2.05, 4.69) is 21.5 Å². The number of pyridine rings is 1. The number of rotatable bonds is 2. The minimum absolute atomic E-state index is 0.778. The molecule has 86 valence electrons. The first-order valence-corrected chi connectivity index (χ1v) is 6.57. The summed E-state index contributed by atoms with van der Waals surface area (Å²) in [5.41, 5.74) is 1.82. The Labute approximate surface area is 108 Å². The van der Waals surface area contributed by atoms with E-state index in [1.807, 2.05) is 24.3 Å². The minimum Gasteiger partial charge on any atom is -0.271 e. The Morgan fingerprint density at radius 1 is 1.35 bits per heavy atom. The Kier molecular flexibility index (Phi) is 2.61. The van der Waals surface area contributed by atoms with Gasteiger partial charge in [-0.05, 0) is 24.3 Å². The maximum absolute atomic E-state index is 5.99. The molecule has 0 amide bonds. The average molecular weight is 264 g/mol. The number of aromatic nitrogens is 3. The molecule has 3 rings (SSSR count). The zero-order valence-corrected chi connectivity index (χ0v) is 10.8. The number of aryl methyl sites for hydroxylation is 1. The largest absolute Gasteiger partial charge is 0.271 e. The maximum Gasteiger partial charge on any atom is 0.165 e. The van der Waals surface area contributed by atoms with Gasteiger partial charge in [0.05, 0.1) is 4.34 Å². The van der Waals surface area contributed by atoms with E-state index >= 15 is 0 Å². The van der Waals surface area contributed by atoms with Gasteiger partial charge < -0.3 is 0 Å². The smallest absolute Gasteiger partial charge is 0.165 e. The van der Waals surface area contributed by atoms with Gasteiger partial charge in [0.15, 0.2) is 5.65 Å². The first-order chi connectivity index (χ1) is 8.29. The zero-order valence-electron chi connectivity index (χ0n) is 9.22. The summed E-state index contributed by atoms with van der Waals surface area (Å²) in [7, 11) is 0. The van der Waals surface area contributed by atoms with Crippen molar-refractivity contribution in [2.24, 2.45) is 0 Å². The third-order valence-electron chi connectivity index (χ3n) is 2.58. The number of hydrogen-bond acceptors (Lipinski definition) is 3. The Hall–Kier alpha value is -1.39. The van der Waals surface area contributed by atoms with E-state index in [0.29, 0.717) is 0 Å². The lowest BCUT2D eigenvalue weighted by Crippen LogP contribution is -1.98. The molecular weight excluding hydrogens is 254 g/mol. The molecular formula is C12H10ClN3S. The van der Waals surface area contributed by atoms with Gasteiger partial charge in [-0.15, -0.1) is 11.3 Å². The first-order valence-electron chi connectivity index (χ1n) is 5.37. The number of hydrogen-bond donors (Lipinski definition) is 0. The average Bonchev–Trinajstić information content (AvgIpc) is 2.91. The van der Waals surface area contributed by atoms with Crippen LogP contribution in [0.1, 0.15) is 12.7 Å². The molecule has 0 aromatic carbocycles. The molecule has 17 heavy (non-hydrogen) atoms. The Bertz CT molecular complexity index is 671. The van der Waals surface area contributed by atoms with Gasteiger partial charge >= 0.3 is 0 Å². The lowest BCUT2D eigenvalue weighted by Gasteiger charge is -2.03. The quantitative estimate of drug-likeness (QED) is 0.706. The van der Waals surface area contributed by atoms with Gasteiger partial charge in [0.2, 0.25) is 0 Å². The molecule has 0 atom stereocenters. The topological polar surface area (TPSA) is 30.7 Å². The van der Waals surface area contributed by atoms with Crippen molar-refractivity contribution in [3.63, 3.8) is 0 Å². The van der Waals surface area contributed by atoms with Crippen LogP contribution in [0.4, 0.5) is 0 Å². The fourth-order valence-electron chi connectivity index (χ4n) is 1.85. The van der Waals surface area contributed by atoms with Crippen LogP contribution in [-0.2, 0) is 6.42 Å². The molecule has 0 N–H and O–H groups in total. The van der Waals surface area contributed by atoms with Gasteiger partial charge in [0, 0.05) is 12.6 Å². The molecule has 0 radical (unpaired) electrons. The monoisotopic (exact) mass is 263 g/mol. The van der Waals surface area contributed by atoms with Crippen LogP contribution < -0.4 is 0 Å². The van der Waals surface area contributed by atoms with E-state index in [1.54, 1.807) is 6.20 Å². The molecule has 0 saturated carbocycles. The second-order valence-electron chi connectivity index (χ2n) is 3.64. The molecule has 0 aliphatic carbocycles. The van der Waals surface area contributed by atoms with Crippen molar-refractivity contribution in [1.29, 1.82) is 0 Å². The van der Waals surface area contributed by atoms with Crippen LogP contribution in [0.15, 0.2) is 30.5 Å². The standard InChI is InChI=1S/C12H10ClN3S/c1-2-10-15-8-4-3-7-14-12(8)16(10)11-6-5-9(13)17-11/h3-7H,2H2,1H3. The number of fused-ring (bicyclic) bond motifs is 1. The lowest BCUT2D eigenvalue weighted by molar-refractivity contribution is 0.912. The number of halogens is 1. The maximum atomic E-state index is 5.99. The van der Waals surface area contributed by atoms with E-state index in [1.165, 1.54) is 11.3 Å². The molecule has 0 fully saturated rings. The molecule has 0 spiro atoms. The Morgan fingerprint density at radius 3 is 2.94 bits per heavy atom. The number of nitrogens with zero attached hydrogens (tertiary/aromatic N) is 3. The lowest BCUT2D eigenvalue weighted by atomic mass is 10.4. The summed E-state index contributed by atoms with van der Waals surface area (Å²) >= 11 is 7.53. The van der Waals surface area contributed by atoms with Gasteiger partial charge in [0.25, 0.3) is 0 Å². The summed E-state index contributed by atoms with van der Waals surface area (Å²) in [5.74, 6) is 1.01. The van der Waals surface area contributed by atoms with Crippen molar-refractivity contribution in [1.82, 2.24) is 14.5 Å². The fourth-order valence-corrected chi connectivity index (χ4v) is 2.91. The Balaban J connectivity index is 2.33. The molecule has 0 aliphatic rings. The highest BCUT2D eigenvalue weighted by Gasteiger charge is 2.13. The van der Waals surface area contributed by atoms with Crippen LogP contribution in [0, 0.1) is 0 Å². The van der Waals surface area contributed by atoms with Crippen LogP contribution in [0.2, 0.25) is 4.34 Å². The van der Waals surface area contributed by atoms with Crippen molar-refractivity contribution in [3.05, 3.63) is 40.6 Å². The van der Waals surface area contributed by atoms with Crippen LogP contribution in [-0.4, -0.2) is 14.5 Å². The zero-order chi connectivity index (χ0) is 11.8. The molecule has 3 heterocycles. The predicted molar refractivity (Wildman–Crippen MR) is 71.1 cm³/mol. The van der Waals surface area contributed by atoms with E-state index in [4.69, 9.17) is 11.6 Å². The predicted octanol–water partition coefficient (Wildman–Crippen LogP) is 3.70. The van der Waals surface area contributed by atoms with Gasteiger partial charge in [-0.1, -0.05) is 18.5 Å². The third-order valence-corrected chi connectivity index (χ3v) is 3.80. The van der Waals surface area contributed by atoms with E-state index in [9.17, 15) is 0 Å². The molecule has 5 heteroatoms. The molecule has 3 aromatic heterocycles. The van der Waals surface area contributed by atoms with E-state index < -0.39 is 0 Å². The normalized spacial score (nSPS) is 11.2. The van der Waals surface area contributed by atoms with Crippen LogP contribution in [0.25, 0.3) is 16.2 Å². The fraction of sp³-hybridized carbons (Fsp3) is 0.167. The highest BCUT2D eigenvalue weighted by atomic mass is 35.5. The van der Waals surface area contributed by atoms with Crippen molar-refractivity contribution in [2.75, 3.05) is 0 Å². The second-order valence-corrected chi connectivity index (χ2v) is 5.33.